The summed E-state index contributed by atoms with van der Waals surface area (Å²) in [5.41, 5.74) is 0. The number of carbonyl (C=O) groups is 2. The van der Waals surface area contributed by atoms with E-state index >= 15 is 0 Å². The summed E-state index contributed by atoms with van der Waals surface area (Å²) in [5, 5.41) is 0. The maximum absolute atomic E-state index is 11.7. The maximum atomic E-state index is 11.7. The molecule has 1 aliphatic rings. The lowest BCUT2D eigenvalue weighted by atomic mass is 10.1. The molecule has 0 spiro atoms. The third-order valence-corrected chi connectivity index (χ3v) is 2.21. The molecule has 7 heteroatoms. The van der Waals surface area contributed by atoms with E-state index in [4.69, 9.17) is 9.47 Å². The summed E-state index contributed by atoms with van der Waals surface area (Å²) in [6.45, 7) is -0.108. The molecule has 1 heterocycles. The minimum atomic E-state index is -3.23. The number of esters is 2. The zero-order valence-corrected chi connectivity index (χ0v) is 9.19. The quantitative estimate of drug-likeness (QED) is 0.680. The van der Waals surface area contributed by atoms with Crippen molar-refractivity contribution in [3.63, 3.8) is 0 Å². The fourth-order valence-corrected chi connectivity index (χ4v) is 1.36. The standard InChI is InChI=1S/C10H14F2O5/c11-9(12)10(14)17-6-8(13)16-5-7-3-1-2-4-15-7/h7,9H,1-6H2. The first-order valence-electron chi connectivity index (χ1n) is 5.31. The molecular formula is C10H14F2O5. The highest BCUT2D eigenvalue weighted by Gasteiger charge is 2.20. The average molecular weight is 252 g/mol. The molecule has 0 amide bonds. The minimum absolute atomic E-state index is 0.0606. The van der Waals surface area contributed by atoms with Gasteiger partial charge >= 0.3 is 18.4 Å². The van der Waals surface area contributed by atoms with Gasteiger partial charge in [0, 0.05) is 6.61 Å². The highest BCUT2D eigenvalue weighted by Crippen LogP contribution is 2.12. The number of hydrogen-bond donors (Lipinski definition) is 0. The normalized spacial score (nSPS) is 20.1. The molecule has 0 bridgehead atoms. The summed E-state index contributed by atoms with van der Waals surface area (Å²) in [6, 6.07) is 0. The van der Waals surface area contributed by atoms with Crippen LogP contribution < -0.4 is 0 Å². The Kier molecular flexibility index (Phi) is 5.82. The summed E-state index contributed by atoms with van der Waals surface area (Å²) in [7, 11) is 0. The van der Waals surface area contributed by atoms with Crippen molar-refractivity contribution in [1.29, 1.82) is 0 Å². The molecule has 0 aromatic rings. The van der Waals surface area contributed by atoms with Gasteiger partial charge in [-0.25, -0.2) is 9.59 Å². The molecule has 0 aromatic heterocycles. The molecule has 1 rings (SSSR count). The molecule has 1 fully saturated rings. The first-order chi connectivity index (χ1) is 8.09. The van der Waals surface area contributed by atoms with Crippen LogP contribution in [0, 0.1) is 0 Å². The Morgan fingerprint density at radius 2 is 2.06 bits per heavy atom. The van der Waals surface area contributed by atoms with E-state index in [0.29, 0.717) is 6.61 Å². The van der Waals surface area contributed by atoms with Crippen molar-refractivity contribution in [2.24, 2.45) is 0 Å². The van der Waals surface area contributed by atoms with Crippen LogP contribution in [0.1, 0.15) is 19.3 Å². The van der Waals surface area contributed by atoms with Crippen LogP contribution in [0.25, 0.3) is 0 Å². The van der Waals surface area contributed by atoms with Gasteiger partial charge in [0.2, 0.25) is 0 Å². The van der Waals surface area contributed by atoms with Gasteiger partial charge in [0.05, 0.1) is 6.10 Å². The van der Waals surface area contributed by atoms with E-state index in [1.165, 1.54) is 0 Å². The number of hydrogen-bond acceptors (Lipinski definition) is 5. The van der Waals surface area contributed by atoms with Crippen molar-refractivity contribution in [3.8, 4) is 0 Å². The smallest absolute Gasteiger partial charge is 0.374 e. The van der Waals surface area contributed by atoms with Crippen LogP contribution in [0.4, 0.5) is 8.78 Å². The van der Waals surface area contributed by atoms with E-state index < -0.39 is 25.0 Å². The van der Waals surface area contributed by atoms with Crippen molar-refractivity contribution in [2.45, 2.75) is 31.8 Å². The predicted octanol–water partition coefficient (Wildman–Crippen LogP) is 0.907. The van der Waals surface area contributed by atoms with Gasteiger partial charge in [0.15, 0.2) is 6.61 Å². The first-order valence-corrected chi connectivity index (χ1v) is 5.31. The molecule has 5 nitrogen and oxygen atoms in total. The Morgan fingerprint density at radius 3 is 2.65 bits per heavy atom. The number of rotatable bonds is 5. The van der Waals surface area contributed by atoms with Crippen LogP contribution >= 0.6 is 0 Å². The SMILES string of the molecule is O=C(COC(=O)C(F)F)OCC1CCCCO1. The summed E-state index contributed by atoms with van der Waals surface area (Å²) < 4.78 is 37.4. The van der Waals surface area contributed by atoms with Gasteiger partial charge in [0.1, 0.15) is 6.61 Å². The van der Waals surface area contributed by atoms with Crippen LogP contribution in [0.5, 0.6) is 0 Å². The molecule has 1 unspecified atom stereocenters. The summed E-state index contributed by atoms with van der Waals surface area (Å²) in [4.78, 5) is 21.4. The van der Waals surface area contributed by atoms with Gasteiger partial charge in [-0.3, -0.25) is 0 Å². The van der Waals surface area contributed by atoms with E-state index in [1.807, 2.05) is 0 Å². The number of ether oxygens (including phenoxy) is 3. The maximum Gasteiger partial charge on any atom is 0.374 e. The van der Waals surface area contributed by atoms with Crippen LogP contribution in [-0.2, 0) is 23.8 Å². The third-order valence-electron chi connectivity index (χ3n) is 2.21. The second-order valence-corrected chi connectivity index (χ2v) is 3.58. The van der Waals surface area contributed by atoms with E-state index in [2.05, 4.69) is 4.74 Å². The molecule has 0 N–H and O–H groups in total. The number of carbonyl (C=O) groups excluding carboxylic acids is 2. The van der Waals surface area contributed by atoms with Crippen LogP contribution in [0.15, 0.2) is 0 Å². The first kappa shape index (κ1) is 13.8. The zero-order chi connectivity index (χ0) is 12.7. The van der Waals surface area contributed by atoms with Gasteiger partial charge in [-0.15, -0.1) is 0 Å². The van der Waals surface area contributed by atoms with E-state index in [-0.39, 0.29) is 12.7 Å². The Bertz CT molecular complexity index is 263. The molecule has 0 radical (unpaired) electrons. The predicted molar refractivity (Wildman–Crippen MR) is 51.5 cm³/mol. The molecule has 0 aliphatic carbocycles. The number of halogens is 2. The van der Waals surface area contributed by atoms with Gasteiger partial charge in [0.25, 0.3) is 0 Å². The van der Waals surface area contributed by atoms with Crippen molar-refractivity contribution in [3.05, 3.63) is 0 Å². The molecule has 1 aliphatic heterocycles. The molecule has 17 heavy (non-hydrogen) atoms. The fourth-order valence-electron chi connectivity index (χ4n) is 1.36. The lowest BCUT2D eigenvalue weighted by Crippen LogP contribution is -2.28. The fraction of sp³-hybridized carbons (Fsp3) is 0.800. The number of alkyl halides is 2. The Morgan fingerprint density at radius 1 is 1.29 bits per heavy atom. The van der Waals surface area contributed by atoms with E-state index in [0.717, 1.165) is 19.3 Å². The highest BCUT2D eigenvalue weighted by atomic mass is 19.3. The van der Waals surface area contributed by atoms with Gasteiger partial charge in [-0.1, -0.05) is 0 Å². The summed E-state index contributed by atoms with van der Waals surface area (Å²) in [5.74, 6) is -2.58. The molecule has 1 saturated heterocycles. The lowest BCUT2D eigenvalue weighted by molar-refractivity contribution is -0.168. The van der Waals surface area contributed by atoms with Crippen LogP contribution in [0.2, 0.25) is 0 Å². The van der Waals surface area contributed by atoms with E-state index in [1.54, 1.807) is 0 Å². The topological polar surface area (TPSA) is 61.8 Å². The van der Waals surface area contributed by atoms with Crippen molar-refractivity contribution >= 4 is 11.9 Å². The van der Waals surface area contributed by atoms with Crippen molar-refractivity contribution in [1.82, 2.24) is 0 Å². The third kappa shape index (κ3) is 5.58. The molecular weight excluding hydrogens is 238 g/mol. The van der Waals surface area contributed by atoms with Gasteiger partial charge < -0.3 is 14.2 Å². The zero-order valence-electron chi connectivity index (χ0n) is 9.19. The second kappa shape index (κ2) is 7.16. The van der Waals surface area contributed by atoms with Crippen molar-refractivity contribution < 1.29 is 32.6 Å². The molecule has 98 valence electrons. The van der Waals surface area contributed by atoms with Crippen LogP contribution in [-0.4, -0.2) is 44.3 Å². The molecule has 1 atom stereocenters. The lowest BCUT2D eigenvalue weighted by Gasteiger charge is -2.21. The Balaban J connectivity index is 2.10. The summed E-state index contributed by atoms with van der Waals surface area (Å²) in [6.07, 6.45) is -0.605. The van der Waals surface area contributed by atoms with Crippen LogP contribution in [0.3, 0.4) is 0 Å². The molecule has 0 saturated carbocycles. The summed E-state index contributed by atoms with van der Waals surface area (Å²) >= 11 is 0. The van der Waals surface area contributed by atoms with Crippen molar-refractivity contribution in [2.75, 3.05) is 19.8 Å². The minimum Gasteiger partial charge on any atom is -0.460 e. The Labute approximate surface area is 97.0 Å². The largest absolute Gasteiger partial charge is 0.460 e. The van der Waals surface area contributed by atoms with Gasteiger partial charge in [-0.05, 0) is 19.3 Å². The second-order valence-electron chi connectivity index (χ2n) is 3.58. The Hall–Kier alpha value is -1.24. The van der Waals surface area contributed by atoms with Gasteiger partial charge in [-0.2, -0.15) is 8.78 Å². The monoisotopic (exact) mass is 252 g/mol. The van der Waals surface area contributed by atoms with E-state index in [9.17, 15) is 18.4 Å². The highest BCUT2D eigenvalue weighted by molar-refractivity contribution is 5.77. The molecule has 0 aromatic carbocycles. The average Bonchev–Trinajstić information content (AvgIpc) is 2.34.